The number of allylic oxidation sites excluding steroid dienone is 1. The first-order valence-corrected chi connectivity index (χ1v) is 7.96. The zero-order valence-corrected chi connectivity index (χ0v) is 14.3. The van der Waals surface area contributed by atoms with Gasteiger partial charge in [0.1, 0.15) is 5.73 Å². The summed E-state index contributed by atoms with van der Waals surface area (Å²) in [7, 11) is -0.854. The highest BCUT2D eigenvalue weighted by Crippen LogP contribution is 2.42. The van der Waals surface area contributed by atoms with Gasteiger partial charge in [0, 0.05) is 5.54 Å². The van der Waals surface area contributed by atoms with Gasteiger partial charge >= 0.3 is 7.12 Å². The fraction of sp³-hybridized carbons (Fsp3) is 0.875. The molecule has 3 nitrogen and oxygen atoms in total. The van der Waals surface area contributed by atoms with E-state index in [1.165, 1.54) is 0 Å². The average Bonchev–Trinajstić information content (AvgIpc) is 2.57. The van der Waals surface area contributed by atoms with Crippen molar-refractivity contribution < 1.29 is 13.7 Å². The Labute approximate surface area is 128 Å². The van der Waals surface area contributed by atoms with Gasteiger partial charge in [0.2, 0.25) is 0 Å². The van der Waals surface area contributed by atoms with Crippen LogP contribution in [-0.4, -0.2) is 23.9 Å². The van der Waals surface area contributed by atoms with Gasteiger partial charge in [-0.25, -0.2) is 4.39 Å². The molecule has 0 radical (unpaired) electrons. The van der Waals surface area contributed by atoms with Crippen molar-refractivity contribution in [1.82, 2.24) is 0 Å². The van der Waals surface area contributed by atoms with E-state index < -0.39 is 18.3 Å². The number of halogens is 1. The molecule has 1 aliphatic heterocycles. The molecule has 0 atom stereocenters. The predicted octanol–water partition coefficient (Wildman–Crippen LogP) is 3.77. The van der Waals surface area contributed by atoms with Gasteiger partial charge in [-0.15, -0.1) is 0 Å². The van der Waals surface area contributed by atoms with Crippen LogP contribution in [0.5, 0.6) is 0 Å². The Morgan fingerprint density at radius 1 is 1.14 bits per heavy atom. The van der Waals surface area contributed by atoms with Gasteiger partial charge in [-0.1, -0.05) is 0 Å². The van der Waals surface area contributed by atoms with Gasteiger partial charge in [0.05, 0.1) is 11.2 Å². The Hall–Kier alpha value is -0.385. The first kappa shape index (κ1) is 17.0. The Morgan fingerprint density at radius 2 is 1.57 bits per heavy atom. The lowest BCUT2D eigenvalue weighted by Gasteiger charge is -2.34. The van der Waals surface area contributed by atoms with E-state index >= 15 is 0 Å². The lowest BCUT2D eigenvalue weighted by molar-refractivity contribution is 0.00578. The van der Waals surface area contributed by atoms with E-state index in [1.54, 1.807) is 0 Å². The van der Waals surface area contributed by atoms with E-state index in [4.69, 9.17) is 15.0 Å². The van der Waals surface area contributed by atoms with Crippen LogP contribution < -0.4 is 5.73 Å². The van der Waals surface area contributed by atoms with Gasteiger partial charge in [0.25, 0.3) is 0 Å². The van der Waals surface area contributed by atoms with Crippen molar-refractivity contribution in [2.45, 2.75) is 84.0 Å². The third-order valence-corrected chi connectivity index (χ3v) is 5.44. The van der Waals surface area contributed by atoms with Crippen molar-refractivity contribution in [3.05, 3.63) is 11.3 Å². The van der Waals surface area contributed by atoms with E-state index in [0.29, 0.717) is 5.92 Å². The predicted molar refractivity (Wildman–Crippen MR) is 84.4 cm³/mol. The minimum atomic E-state index is -0.854. The smallest absolute Gasteiger partial charge is 0.398 e. The number of hydrogen-bond donors (Lipinski definition) is 1. The summed E-state index contributed by atoms with van der Waals surface area (Å²) in [6.45, 7) is 11.9. The first-order valence-electron chi connectivity index (χ1n) is 7.96. The summed E-state index contributed by atoms with van der Waals surface area (Å²) in [6, 6.07) is 0. The van der Waals surface area contributed by atoms with Gasteiger partial charge in [0.15, 0.2) is 0 Å². The van der Waals surface area contributed by atoms with E-state index in [0.717, 1.165) is 31.3 Å². The maximum Gasteiger partial charge on any atom is 0.525 e. The SMILES string of the molecule is CC(C)(N)C1CCC(=C(F)B2OC(C)(C)C(C)(C)O2)CC1. The molecule has 1 heterocycles. The Bertz CT molecular complexity index is 414. The van der Waals surface area contributed by atoms with Gasteiger partial charge in [-0.3, -0.25) is 0 Å². The van der Waals surface area contributed by atoms with Crippen LogP contribution in [0.3, 0.4) is 0 Å². The van der Waals surface area contributed by atoms with E-state index in [9.17, 15) is 4.39 Å². The second kappa shape index (κ2) is 5.36. The molecule has 0 aromatic carbocycles. The molecule has 2 fully saturated rings. The summed E-state index contributed by atoms with van der Waals surface area (Å²) in [5.74, 6) is 0.451. The summed E-state index contributed by atoms with van der Waals surface area (Å²) in [6.07, 6.45) is 3.37. The fourth-order valence-corrected chi connectivity index (χ4v) is 3.06. The van der Waals surface area contributed by atoms with Gasteiger partial charge in [-0.05, 0) is 78.7 Å². The molecule has 0 amide bonds. The summed E-state index contributed by atoms with van der Waals surface area (Å²) in [4.78, 5) is 0. The van der Waals surface area contributed by atoms with Crippen LogP contribution in [0.25, 0.3) is 0 Å². The van der Waals surface area contributed by atoms with Crippen LogP contribution in [0.4, 0.5) is 4.39 Å². The molecule has 0 aromatic heterocycles. The first-order chi connectivity index (χ1) is 9.44. The van der Waals surface area contributed by atoms with Crippen LogP contribution in [0.15, 0.2) is 11.3 Å². The highest BCUT2D eigenvalue weighted by atomic mass is 19.1. The standard InChI is InChI=1S/C16H29BFNO2/c1-14(2,19)12-9-7-11(8-10-12)13(18)17-20-15(3,4)16(5,6)21-17/h12H,7-10,19H2,1-6H3. The monoisotopic (exact) mass is 297 g/mol. The largest absolute Gasteiger partial charge is 0.525 e. The van der Waals surface area contributed by atoms with Crippen LogP contribution >= 0.6 is 0 Å². The molecular weight excluding hydrogens is 268 g/mol. The molecular formula is C16H29BFNO2. The third kappa shape index (κ3) is 3.35. The molecule has 1 saturated carbocycles. The van der Waals surface area contributed by atoms with E-state index in [2.05, 4.69) is 13.8 Å². The minimum Gasteiger partial charge on any atom is -0.398 e. The topological polar surface area (TPSA) is 44.5 Å². The van der Waals surface area contributed by atoms with E-state index in [1.807, 2.05) is 27.7 Å². The van der Waals surface area contributed by atoms with Crippen molar-refractivity contribution >= 4 is 7.12 Å². The highest BCUT2D eigenvalue weighted by Gasteiger charge is 2.53. The number of hydrogen-bond acceptors (Lipinski definition) is 3. The zero-order chi connectivity index (χ0) is 16.1. The maximum absolute atomic E-state index is 14.7. The fourth-order valence-electron chi connectivity index (χ4n) is 3.06. The highest BCUT2D eigenvalue weighted by molar-refractivity contribution is 6.53. The minimum absolute atomic E-state index is 0.188. The van der Waals surface area contributed by atoms with Crippen molar-refractivity contribution in [3.63, 3.8) is 0 Å². The van der Waals surface area contributed by atoms with Gasteiger partial charge in [-0.2, -0.15) is 0 Å². The molecule has 0 aromatic rings. The van der Waals surface area contributed by atoms with Gasteiger partial charge < -0.3 is 15.0 Å². The zero-order valence-electron chi connectivity index (χ0n) is 14.3. The lowest BCUT2D eigenvalue weighted by Crippen LogP contribution is -2.42. The van der Waals surface area contributed by atoms with Crippen molar-refractivity contribution in [2.75, 3.05) is 0 Å². The molecule has 0 bridgehead atoms. The van der Waals surface area contributed by atoms with Crippen molar-refractivity contribution in [3.8, 4) is 0 Å². The summed E-state index contributed by atoms with van der Waals surface area (Å²) < 4.78 is 26.3. The molecule has 5 heteroatoms. The molecule has 2 aliphatic rings. The van der Waals surface area contributed by atoms with Crippen LogP contribution in [0.1, 0.15) is 67.2 Å². The second-order valence-corrected chi connectivity index (χ2v) is 8.14. The molecule has 1 saturated heterocycles. The molecule has 21 heavy (non-hydrogen) atoms. The average molecular weight is 297 g/mol. The molecule has 120 valence electrons. The number of rotatable bonds is 2. The second-order valence-electron chi connectivity index (χ2n) is 8.14. The third-order valence-electron chi connectivity index (χ3n) is 5.44. The van der Waals surface area contributed by atoms with Crippen molar-refractivity contribution in [1.29, 1.82) is 0 Å². The number of nitrogens with two attached hydrogens (primary N) is 1. The molecule has 0 spiro atoms. The summed E-state index contributed by atoms with van der Waals surface area (Å²) in [5.41, 5.74) is 5.61. The molecule has 2 rings (SSSR count). The van der Waals surface area contributed by atoms with Crippen LogP contribution in [-0.2, 0) is 9.31 Å². The molecule has 0 unspecified atom stereocenters. The van der Waals surface area contributed by atoms with Crippen molar-refractivity contribution in [2.24, 2.45) is 11.7 Å². The Kier molecular flexibility index (Phi) is 4.33. The summed E-state index contributed by atoms with van der Waals surface area (Å²) in [5, 5.41) is 0. The van der Waals surface area contributed by atoms with Crippen LogP contribution in [0.2, 0.25) is 0 Å². The van der Waals surface area contributed by atoms with Crippen LogP contribution in [0, 0.1) is 5.92 Å². The molecule has 1 aliphatic carbocycles. The van der Waals surface area contributed by atoms with E-state index in [-0.39, 0.29) is 11.3 Å². The Morgan fingerprint density at radius 3 is 1.95 bits per heavy atom. The molecule has 2 N–H and O–H groups in total. The lowest BCUT2D eigenvalue weighted by atomic mass is 9.72. The Balaban J connectivity index is 2.06. The maximum atomic E-state index is 14.7. The quantitative estimate of drug-likeness (QED) is 0.789. The summed E-state index contributed by atoms with van der Waals surface area (Å²) >= 11 is 0. The normalized spacial score (nSPS) is 28.9.